The van der Waals surface area contributed by atoms with Crippen molar-refractivity contribution in [2.75, 3.05) is 20.4 Å². The van der Waals surface area contributed by atoms with Crippen molar-refractivity contribution in [3.05, 3.63) is 59.2 Å². The van der Waals surface area contributed by atoms with Crippen molar-refractivity contribution in [2.24, 2.45) is 0 Å². The van der Waals surface area contributed by atoms with Crippen LogP contribution in [0.1, 0.15) is 22.9 Å². The minimum absolute atomic E-state index is 0.250. The van der Waals surface area contributed by atoms with E-state index in [2.05, 4.69) is 39.8 Å². The number of halogens is 5. The number of alkyl halides is 1. The molecule has 2 aromatic rings. The van der Waals surface area contributed by atoms with Gasteiger partial charge in [0, 0.05) is 19.7 Å². The summed E-state index contributed by atoms with van der Waals surface area (Å²) in [5, 5.41) is -3.22. The first-order chi connectivity index (χ1) is 14.7. The molecule has 4 rings (SSSR count). The van der Waals surface area contributed by atoms with Crippen molar-refractivity contribution >= 4 is 53.3 Å². The molecule has 0 saturated carbocycles. The zero-order valence-corrected chi connectivity index (χ0v) is 18.4. The Morgan fingerprint density at radius 1 is 1.10 bits per heavy atom. The molecule has 0 amide bonds. The normalized spacial score (nSPS) is 13.0. The van der Waals surface area contributed by atoms with Crippen molar-refractivity contribution < 1.29 is 28.9 Å². The van der Waals surface area contributed by atoms with E-state index in [4.69, 9.17) is 12.2 Å². The molecule has 0 saturated heterocycles. The van der Waals surface area contributed by atoms with Gasteiger partial charge in [0.15, 0.2) is 0 Å². The molecule has 0 N–H and O–H groups in total. The average molecular weight is 489 g/mol. The molecule has 1 radical (unpaired) electrons. The van der Waals surface area contributed by atoms with Gasteiger partial charge < -0.3 is 13.8 Å². The number of para-hydroxylation sites is 1. The maximum atomic E-state index is 10.4. The van der Waals surface area contributed by atoms with Crippen LogP contribution in [0, 0.1) is 0 Å². The summed E-state index contributed by atoms with van der Waals surface area (Å²) >= 11 is 13.8. The molecule has 0 bridgehead atoms. The van der Waals surface area contributed by atoms with Crippen LogP contribution in [-0.2, 0) is 17.4 Å². The minimum atomic E-state index is -3.22. The van der Waals surface area contributed by atoms with Crippen LogP contribution in [-0.4, -0.2) is 36.1 Å². The van der Waals surface area contributed by atoms with Crippen molar-refractivity contribution in [1.82, 2.24) is 0 Å². The SMILES string of the molecule is O=Cc1ccc2c(c1)CCO2.O=P(Cl)(Cl)Cl.[2H]CF.[2H][B]F.c1ccc2c(c1)CCO2. The number of benzene rings is 2. The number of aldehydes is 1. The van der Waals surface area contributed by atoms with E-state index >= 15 is 0 Å². The molecular weight excluding hydrogens is 466 g/mol. The lowest BCUT2D eigenvalue weighted by Crippen LogP contribution is -1.85. The molecule has 0 fully saturated rings. The predicted molar refractivity (Wildman–Crippen MR) is 117 cm³/mol. The van der Waals surface area contributed by atoms with Crippen LogP contribution in [0.4, 0.5) is 8.71 Å². The van der Waals surface area contributed by atoms with Crippen molar-refractivity contribution in [2.45, 2.75) is 12.8 Å². The number of hydrogen-bond acceptors (Lipinski definition) is 4. The summed E-state index contributed by atoms with van der Waals surface area (Å²) < 4.78 is 50.8. The third kappa shape index (κ3) is 12.1. The molecule has 0 aromatic heterocycles. The second-order valence-electron chi connectivity index (χ2n) is 5.19. The fourth-order valence-electron chi connectivity index (χ4n) is 2.40. The lowest BCUT2D eigenvalue weighted by atomic mass is 10.1. The van der Waals surface area contributed by atoms with E-state index in [1.807, 2.05) is 30.3 Å². The summed E-state index contributed by atoms with van der Waals surface area (Å²) in [4.78, 5) is 10.4. The van der Waals surface area contributed by atoms with E-state index in [0.717, 1.165) is 55.0 Å². The molecule has 2 aromatic carbocycles. The van der Waals surface area contributed by atoms with Crippen molar-refractivity contribution in [1.29, 1.82) is 1.34 Å². The highest BCUT2D eigenvalue weighted by Gasteiger charge is 2.11. The van der Waals surface area contributed by atoms with Crippen molar-refractivity contribution in [3.63, 3.8) is 0 Å². The fraction of sp³-hybridized carbons (Fsp3) is 0.278. The van der Waals surface area contributed by atoms with E-state index in [1.54, 1.807) is 6.07 Å². The number of ether oxygens (including phenoxy) is 2. The molecule has 0 atom stereocenters. The van der Waals surface area contributed by atoms with Gasteiger partial charge in [0.05, 0.1) is 21.7 Å². The molecule has 29 heavy (non-hydrogen) atoms. The Morgan fingerprint density at radius 3 is 2.10 bits per heavy atom. The van der Waals surface area contributed by atoms with Gasteiger partial charge in [0.25, 0.3) is 0 Å². The summed E-state index contributed by atoms with van der Waals surface area (Å²) in [5.74, 6) is 1.99. The van der Waals surface area contributed by atoms with Gasteiger partial charge >= 0.3 is 13.3 Å². The van der Waals surface area contributed by atoms with Crippen LogP contribution in [0.25, 0.3) is 0 Å². The number of fused-ring (bicyclic) bond motifs is 2. The molecule has 11 heteroatoms. The van der Waals surface area contributed by atoms with Gasteiger partial charge in [-0.2, -0.15) is 0 Å². The molecule has 159 valence electrons. The Balaban J connectivity index is 0.000000405. The van der Waals surface area contributed by atoms with Gasteiger partial charge in [-0.05, 0) is 69.1 Å². The third-order valence-electron chi connectivity index (χ3n) is 3.45. The Bertz CT molecular complexity index is 801. The predicted octanol–water partition coefficient (Wildman–Crippen LogP) is 6.22. The number of carbonyl (C=O) groups excluding carboxylic acids is 1. The lowest BCUT2D eigenvalue weighted by molar-refractivity contribution is 0.112. The molecule has 0 spiro atoms. The summed E-state index contributed by atoms with van der Waals surface area (Å²) in [6.45, 7) is 1.61. The Kier molecular flexibility index (Phi) is 12.9. The van der Waals surface area contributed by atoms with Gasteiger partial charge in [-0.1, -0.05) is 18.2 Å². The monoisotopic (exact) mass is 487 g/mol. The highest BCUT2D eigenvalue weighted by molar-refractivity contribution is 8.24. The molecular formula is C18H20BCl3F2O4P. The van der Waals surface area contributed by atoms with Crippen molar-refractivity contribution in [3.8, 4) is 11.5 Å². The van der Waals surface area contributed by atoms with E-state index < -0.39 is 12.4 Å². The van der Waals surface area contributed by atoms with Crippen LogP contribution < -0.4 is 9.47 Å². The zero-order chi connectivity index (χ0) is 23.7. The Labute approximate surface area is 187 Å². The third-order valence-corrected chi connectivity index (χ3v) is 3.45. The summed E-state index contributed by atoms with van der Waals surface area (Å²) in [5.41, 5.74) is 3.22. The maximum Gasteiger partial charge on any atom is 0.339 e. The standard InChI is InChI=1S/C9H8O2.C8H8O.CH3F.BFH.Cl3OP/c10-6-7-1-2-9-8(5-7)3-4-11-9;1-2-4-8-7(3-1)5-6-9-8;2*1-2;1-5(2,3)4/h1-2,5-6H,3-4H2;1-4H,5-6H2;1H3;1H;/i;;2*1D;. The quantitative estimate of drug-likeness (QED) is 0.272. The highest BCUT2D eigenvalue weighted by Crippen LogP contribution is 2.61. The topological polar surface area (TPSA) is 52.6 Å². The maximum absolute atomic E-state index is 10.4. The first-order valence-corrected chi connectivity index (χ1v) is 12.4. The highest BCUT2D eigenvalue weighted by atomic mass is 36.0. The minimum Gasteiger partial charge on any atom is -0.493 e. The van der Waals surface area contributed by atoms with Gasteiger partial charge in [0.1, 0.15) is 17.8 Å². The summed E-state index contributed by atoms with van der Waals surface area (Å²) in [6.07, 6.45) is 2.87. The number of rotatable bonds is 1. The lowest BCUT2D eigenvalue weighted by Gasteiger charge is -1.97. The van der Waals surface area contributed by atoms with Crippen LogP contribution in [0.3, 0.4) is 0 Å². The Hall–Kier alpha value is -1.27. The second kappa shape index (κ2) is 15.6. The fourth-order valence-corrected chi connectivity index (χ4v) is 2.40. The molecule has 2 aliphatic heterocycles. The number of hydrogen-bond donors (Lipinski definition) is 0. The number of carbonyl (C=O) groups is 1. The first kappa shape index (κ1) is 24.0. The largest absolute Gasteiger partial charge is 0.493 e. The molecule has 0 aliphatic carbocycles. The van der Waals surface area contributed by atoms with E-state index in [9.17, 15) is 18.1 Å². The van der Waals surface area contributed by atoms with Crippen LogP contribution in [0.5, 0.6) is 11.5 Å². The van der Waals surface area contributed by atoms with E-state index in [0.29, 0.717) is 0 Å². The van der Waals surface area contributed by atoms with Crippen LogP contribution in [0.15, 0.2) is 42.5 Å². The van der Waals surface area contributed by atoms with E-state index in [-0.39, 0.29) is 8.09 Å². The Morgan fingerprint density at radius 2 is 1.59 bits per heavy atom. The molecule has 2 aliphatic rings. The molecule has 0 unspecified atom stereocenters. The smallest absolute Gasteiger partial charge is 0.339 e. The zero-order valence-electron chi connectivity index (χ0n) is 17.2. The second-order valence-corrected chi connectivity index (χ2v) is 11.8. The average Bonchev–Trinajstić information content (AvgIpc) is 3.37. The molecule has 4 nitrogen and oxygen atoms in total. The van der Waals surface area contributed by atoms with Gasteiger partial charge in [0.2, 0.25) is 0 Å². The van der Waals surface area contributed by atoms with Gasteiger partial charge in [-0.25, -0.2) is 0 Å². The summed E-state index contributed by atoms with van der Waals surface area (Å²) in [6, 6.07) is 13.7. The van der Waals surface area contributed by atoms with E-state index in [1.165, 1.54) is 5.56 Å². The van der Waals surface area contributed by atoms with Gasteiger partial charge in [-0.15, -0.1) is 0 Å². The van der Waals surface area contributed by atoms with Gasteiger partial charge in [-0.3, -0.25) is 13.8 Å². The first-order valence-electron chi connectivity index (χ1n) is 9.24. The van der Waals surface area contributed by atoms with Crippen LogP contribution in [0.2, 0.25) is 0 Å². The van der Waals surface area contributed by atoms with Crippen LogP contribution >= 0.6 is 38.9 Å². The summed E-state index contributed by atoms with van der Waals surface area (Å²) in [7, 11) is -1.25. The molecule has 2 heterocycles.